The van der Waals surface area contributed by atoms with E-state index >= 15 is 0 Å². The third-order valence-corrected chi connectivity index (χ3v) is 5.67. The summed E-state index contributed by atoms with van der Waals surface area (Å²) in [6.07, 6.45) is 4.75. The van der Waals surface area contributed by atoms with E-state index < -0.39 is 0 Å². The lowest BCUT2D eigenvalue weighted by atomic mass is 10.1. The minimum absolute atomic E-state index is 0.234. The quantitative estimate of drug-likeness (QED) is 0.374. The van der Waals surface area contributed by atoms with Gasteiger partial charge in [0.15, 0.2) is 5.65 Å². The van der Waals surface area contributed by atoms with E-state index in [1.165, 1.54) is 0 Å². The van der Waals surface area contributed by atoms with Gasteiger partial charge in [0.1, 0.15) is 37.2 Å². The Bertz CT molecular complexity index is 1630. The molecule has 0 amide bonds. The second-order valence-corrected chi connectivity index (χ2v) is 9.13. The SMILES string of the molecule is Cc1cc(Nc2ncnc3ccc(NC4=NC(C)(C)CO4)cc23)ccc1Oc1cc2nncn2cn1. The van der Waals surface area contributed by atoms with Crippen molar-refractivity contribution < 1.29 is 9.47 Å². The smallest absolute Gasteiger partial charge is 0.289 e. The topological polar surface area (TPSA) is 124 Å². The van der Waals surface area contributed by atoms with Crippen LogP contribution >= 0.6 is 0 Å². The predicted octanol–water partition coefficient (Wildman–Crippen LogP) is 4.49. The van der Waals surface area contributed by atoms with Crippen LogP contribution in [0, 0.1) is 6.92 Å². The lowest BCUT2D eigenvalue weighted by Crippen LogP contribution is -2.17. The molecule has 0 radical (unpaired) electrons. The van der Waals surface area contributed by atoms with Crippen LogP contribution in [0.3, 0.4) is 0 Å². The molecular formula is C25H23N9O2. The number of nitrogens with zero attached hydrogens (tertiary/aromatic N) is 7. The number of rotatable bonds is 5. The summed E-state index contributed by atoms with van der Waals surface area (Å²) in [4.78, 5) is 17.7. The van der Waals surface area contributed by atoms with Crippen LogP contribution in [0.15, 0.2) is 66.4 Å². The Hall–Kier alpha value is -4.80. The monoisotopic (exact) mass is 481 g/mol. The van der Waals surface area contributed by atoms with Crippen molar-refractivity contribution >= 4 is 39.8 Å². The molecule has 6 rings (SSSR count). The van der Waals surface area contributed by atoms with Crippen molar-refractivity contribution in [2.75, 3.05) is 17.2 Å². The van der Waals surface area contributed by atoms with Gasteiger partial charge in [0.2, 0.25) is 5.88 Å². The molecule has 0 fully saturated rings. The summed E-state index contributed by atoms with van der Waals surface area (Å²) in [5, 5.41) is 15.4. The van der Waals surface area contributed by atoms with Gasteiger partial charge in [0.05, 0.1) is 11.1 Å². The standard InChI is InChI=1S/C25H23N9O2/c1-15-8-16(5-7-20(15)36-22-10-21-33-29-14-34(21)13-28-22)30-23-18-9-17(4-6-19(18)26-12-27-23)31-24-32-25(2,3)11-35-24/h4-10,12-14H,11H2,1-3H3,(H,31,32)(H,26,27,30). The average molecular weight is 482 g/mol. The molecule has 0 saturated carbocycles. The first-order valence-electron chi connectivity index (χ1n) is 11.4. The Kier molecular flexibility index (Phi) is 5.10. The minimum Gasteiger partial charge on any atom is -0.462 e. The molecule has 0 unspecified atom stereocenters. The van der Waals surface area contributed by atoms with Crippen molar-refractivity contribution in [1.29, 1.82) is 0 Å². The number of ether oxygens (including phenoxy) is 2. The zero-order valence-electron chi connectivity index (χ0n) is 19.9. The molecule has 11 nitrogen and oxygen atoms in total. The van der Waals surface area contributed by atoms with Crippen molar-refractivity contribution in [3.8, 4) is 11.6 Å². The van der Waals surface area contributed by atoms with Gasteiger partial charge >= 0.3 is 0 Å². The number of aliphatic imine (C=N–C) groups is 1. The summed E-state index contributed by atoms with van der Waals surface area (Å²) in [7, 11) is 0. The van der Waals surface area contributed by atoms with Gasteiger partial charge in [-0.1, -0.05) is 0 Å². The highest BCUT2D eigenvalue weighted by Gasteiger charge is 2.26. The molecule has 0 spiro atoms. The first kappa shape index (κ1) is 21.7. The normalized spacial score (nSPS) is 14.5. The van der Waals surface area contributed by atoms with E-state index in [2.05, 4.69) is 40.8 Å². The third-order valence-electron chi connectivity index (χ3n) is 5.67. The van der Waals surface area contributed by atoms with Gasteiger partial charge < -0.3 is 20.1 Å². The maximum absolute atomic E-state index is 5.98. The molecule has 2 N–H and O–H groups in total. The summed E-state index contributed by atoms with van der Waals surface area (Å²) in [6, 6.07) is 13.9. The van der Waals surface area contributed by atoms with E-state index in [9.17, 15) is 0 Å². The maximum Gasteiger partial charge on any atom is 0.289 e. The van der Waals surface area contributed by atoms with Crippen LogP contribution in [0.25, 0.3) is 16.6 Å². The summed E-state index contributed by atoms with van der Waals surface area (Å²) in [6.45, 7) is 6.58. The molecule has 180 valence electrons. The molecule has 0 saturated heterocycles. The van der Waals surface area contributed by atoms with E-state index in [1.54, 1.807) is 29.4 Å². The summed E-state index contributed by atoms with van der Waals surface area (Å²) in [5.41, 5.74) is 3.89. The van der Waals surface area contributed by atoms with E-state index in [4.69, 9.17) is 9.47 Å². The third kappa shape index (κ3) is 4.33. The molecule has 2 aromatic carbocycles. The summed E-state index contributed by atoms with van der Waals surface area (Å²) in [5.74, 6) is 1.82. The molecule has 1 aliphatic heterocycles. The largest absolute Gasteiger partial charge is 0.462 e. The number of amidine groups is 1. The zero-order valence-corrected chi connectivity index (χ0v) is 19.9. The van der Waals surface area contributed by atoms with Crippen LogP contribution in [0.5, 0.6) is 11.6 Å². The van der Waals surface area contributed by atoms with Crippen LogP contribution in [-0.4, -0.2) is 47.7 Å². The summed E-state index contributed by atoms with van der Waals surface area (Å²) >= 11 is 0. The van der Waals surface area contributed by atoms with E-state index in [1.807, 2.05) is 57.2 Å². The number of aryl methyl sites for hydroxylation is 1. The molecule has 1 aliphatic rings. The summed E-state index contributed by atoms with van der Waals surface area (Å²) < 4.78 is 13.4. The Balaban J connectivity index is 1.23. The van der Waals surface area contributed by atoms with E-state index in [0.29, 0.717) is 35.7 Å². The van der Waals surface area contributed by atoms with Crippen molar-refractivity contribution in [1.82, 2.24) is 29.5 Å². The van der Waals surface area contributed by atoms with Gasteiger partial charge in [-0.15, -0.1) is 10.2 Å². The molecular weight excluding hydrogens is 458 g/mol. The van der Waals surface area contributed by atoms with Crippen molar-refractivity contribution in [3.63, 3.8) is 0 Å². The van der Waals surface area contributed by atoms with E-state index in [-0.39, 0.29) is 5.54 Å². The molecule has 0 atom stereocenters. The van der Waals surface area contributed by atoms with Crippen LogP contribution in [-0.2, 0) is 4.74 Å². The Labute approximate surface area is 206 Å². The average Bonchev–Trinajstić information content (AvgIpc) is 3.46. The van der Waals surface area contributed by atoms with Gasteiger partial charge in [0, 0.05) is 22.8 Å². The van der Waals surface area contributed by atoms with Crippen LogP contribution in [0.4, 0.5) is 17.2 Å². The maximum atomic E-state index is 5.98. The first-order valence-corrected chi connectivity index (χ1v) is 11.4. The van der Waals surface area contributed by atoms with Crippen LogP contribution in [0.2, 0.25) is 0 Å². The first-order chi connectivity index (χ1) is 17.4. The van der Waals surface area contributed by atoms with Crippen molar-refractivity contribution in [2.45, 2.75) is 26.3 Å². The fourth-order valence-electron chi connectivity index (χ4n) is 3.86. The molecule has 11 heteroatoms. The Morgan fingerprint density at radius 1 is 0.972 bits per heavy atom. The highest BCUT2D eigenvalue weighted by atomic mass is 16.5. The zero-order chi connectivity index (χ0) is 24.7. The van der Waals surface area contributed by atoms with Crippen LogP contribution in [0.1, 0.15) is 19.4 Å². The van der Waals surface area contributed by atoms with Crippen LogP contribution < -0.4 is 15.4 Å². The molecule has 0 bridgehead atoms. The van der Waals surface area contributed by atoms with Gasteiger partial charge in [0.25, 0.3) is 6.02 Å². The fraction of sp³-hybridized carbons (Fsp3) is 0.200. The second kappa shape index (κ2) is 8.45. The van der Waals surface area contributed by atoms with Gasteiger partial charge in [-0.3, -0.25) is 4.40 Å². The molecule has 4 heterocycles. The van der Waals surface area contributed by atoms with Crippen molar-refractivity contribution in [2.24, 2.45) is 4.99 Å². The predicted molar refractivity (Wildman–Crippen MR) is 136 cm³/mol. The van der Waals surface area contributed by atoms with Gasteiger partial charge in [-0.2, -0.15) is 0 Å². The van der Waals surface area contributed by atoms with E-state index in [0.717, 1.165) is 27.8 Å². The Morgan fingerprint density at radius 2 is 1.83 bits per heavy atom. The van der Waals surface area contributed by atoms with Gasteiger partial charge in [-0.25, -0.2) is 19.9 Å². The second-order valence-electron chi connectivity index (χ2n) is 9.13. The highest BCUT2D eigenvalue weighted by Crippen LogP contribution is 2.30. The minimum atomic E-state index is -0.234. The number of benzene rings is 2. The van der Waals surface area contributed by atoms with Gasteiger partial charge in [-0.05, 0) is 62.7 Å². The molecule has 5 aromatic rings. The lowest BCUT2D eigenvalue weighted by molar-refractivity contribution is 0.278. The number of aromatic nitrogens is 6. The number of nitrogens with one attached hydrogen (secondary N) is 2. The number of anilines is 3. The lowest BCUT2D eigenvalue weighted by Gasteiger charge is -2.13. The fourth-order valence-corrected chi connectivity index (χ4v) is 3.86. The molecule has 36 heavy (non-hydrogen) atoms. The molecule has 3 aromatic heterocycles. The number of hydrogen-bond acceptors (Lipinski definition) is 10. The number of fused-ring (bicyclic) bond motifs is 2. The number of hydrogen-bond donors (Lipinski definition) is 2. The Morgan fingerprint density at radius 3 is 2.67 bits per heavy atom. The van der Waals surface area contributed by atoms with Crippen molar-refractivity contribution in [3.05, 3.63) is 67.0 Å². The molecule has 0 aliphatic carbocycles. The highest BCUT2D eigenvalue weighted by molar-refractivity contribution is 5.97.